The number of hydrogen-bond donors (Lipinski definition) is 3. The summed E-state index contributed by atoms with van der Waals surface area (Å²) in [5.41, 5.74) is 2.85. The van der Waals surface area contributed by atoms with Crippen LogP contribution in [0, 0.1) is 0 Å². The maximum Gasteiger partial charge on any atom is 0.255 e. The smallest absolute Gasteiger partial charge is 0.255 e. The van der Waals surface area contributed by atoms with E-state index in [2.05, 4.69) is 15.6 Å². The second kappa shape index (κ2) is 5.73. The molecule has 110 valence electrons. The van der Waals surface area contributed by atoms with Crippen molar-refractivity contribution >= 4 is 34.1 Å². The molecule has 5 heteroatoms. The van der Waals surface area contributed by atoms with Crippen molar-refractivity contribution < 1.29 is 9.59 Å². The van der Waals surface area contributed by atoms with Crippen molar-refractivity contribution in [3.63, 3.8) is 0 Å². The van der Waals surface area contributed by atoms with Crippen molar-refractivity contribution in [3.05, 3.63) is 60.3 Å². The van der Waals surface area contributed by atoms with Crippen LogP contribution in [0.3, 0.4) is 0 Å². The van der Waals surface area contributed by atoms with Gasteiger partial charge in [-0.05, 0) is 42.5 Å². The van der Waals surface area contributed by atoms with Gasteiger partial charge in [-0.2, -0.15) is 0 Å². The molecule has 0 bridgehead atoms. The fourth-order valence-corrected chi connectivity index (χ4v) is 2.28. The summed E-state index contributed by atoms with van der Waals surface area (Å²) in [4.78, 5) is 26.5. The topological polar surface area (TPSA) is 74.0 Å². The Kier molecular flexibility index (Phi) is 3.62. The van der Waals surface area contributed by atoms with Crippen LogP contribution in [-0.2, 0) is 4.79 Å². The lowest BCUT2D eigenvalue weighted by atomic mass is 10.1. The average molecular weight is 293 g/mol. The molecular weight excluding hydrogens is 278 g/mol. The molecule has 0 aliphatic rings. The molecule has 0 aliphatic heterocycles. The number of aromatic amines is 1. The van der Waals surface area contributed by atoms with Gasteiger partial charge in [0.25, 0.3) is 5.91 Å². The number of fused-ring (bicyclic) bond motifs is 1. The molecule has 0 fully saturated rings. The van der Waals surface area contributed by atoms with E-state index < -0.39 is 0 Å². The quantitative estimate of drug-likeness (QED) is 0.692. The average Bonchev–Trinajstić information content (AvgIpc) is 2.94. The van der Waals surface area contributed by atoms with E-state index in [-0.39, 0.29) is 11.8 Å². The minimum atomic E-state index is -0.192. The van der Waals surface area contributed by atoms with E-state index in [4.69, 9.17) is 0 Å². The maximum absolute atomic E-state index is 12.3. The van der Waals surface area contributed by atoms with Gasteiger partial charge < -0.3 is 15.6 Å². The number of amides is 2. The summed E-state index contributed by atoms with van der Waals surface area (Å²) in [6.45, 7) is 1.44. The van der Waals surface area contributed by atoms with Gasteiger partial charge in [0.2, 0.25) is 5.91 Å². The minimum Gasteiger partial charge on any atom is -0.361 e. The molecule has 1 heterocycles. The molecule has 3 N–H and O–H groups in total. The normalized spacial score (nSPS) is 10.4. The van der Waals surface area contributed by atoms with Gasteiger partial charge in [0.05, 0.1) is 0 Å². The van der Waals surface area contributed by atoms with Crippen LogP contribution in [-0.4, -0.2) is 16.8 Å². The highest BCUT2D eigenvalue weighted by atomic mass is 16.2. The lowest BCUT2D eigenvalue weighted by Gasteiger charge is -2.08. The zero-order chi connectivity index (χ0) is 15.5. The second-order valence-electron chi connectivity index (χ2n) is 5.00. The third kappa shape index (κ3) is 2.98. The van der Waals surface area contributed by atoms with Gasteiger partial charge in [-0.3, -0.25) is 9.59 Å². The zero-order valence-corrected chi connectivity index (χ0v) is 12.0. The van der Waals surface area contributed by atoms with E-state index in [1.54, 1.807) is 30.3 Å². The zero-order valence-electron chi connectivity index (χ0n) is 12.0. The van der Waals surface area contributed by atoms with Crippen LogP contribution in [0.25, 0.3) is 10.9 Å². The predicted molar refractivity (Wildman–Crippen MR) is 87.0 cm³/mol. The number of benzene rings is 2. The van der Waals surface area contributed by atoms with E-state index >= 15 is 0 Å². The molecule has 0 atom stereocenters. The SMILES string of the molecule is CC(=O)Nc1cccc(NC(=O)c2ccc3[nH]ccc3c2)c1. The first kappa shape index (κ1) is 13.9. The van der Waals surface area contributed by atoms with E-state index in [0.717, 1.165) is 10.9 Å². The van der Waals surface area contributed by atoms with Gasteiger partial charge >= 0.3 is 0 Å². The van der Waals surface area contributed by atoms with Crippen LogP contribution in [0.1, 0.15) is 17.3 Å². The predicted octanol–water partition coefficient (Wildman–Crippen LogP) is 3.38. The van der Waals surface area contributed by atoms with Gasteiger partial charge in [0, 0.05) is 41.0 Å². The molecule has 2 aromatic carbocycles. The molecule has 2 amide bonds. The molecule has 0 aliphatic carbocycles. The number of hydrogen-bond acceptors (Lipinski definition) is 2. The first-order chi connectivity index (χ1) is 10.6. The number of rotatable bonds is 3. The number of anilines is 2. The Morgan fingerprint density at radius 3 is 2.50 bits per heavy atom. The van der Waals surface area contributed by atoms with Gasteiger partial charge in [0.1, 0.15) is 0 Å². The molecule has 5 nitrogen and oxygen atoms in total. The van der Waals surface area contributed by atoms with Gasteiger partial charge in [0.15, 0.2) is 0 Å². The Morgan fingerprint density at radius 2 is 1.73 bits per heavy atom. The van der Waals surface area contributed by atoms with Crippen molar-refractivity contribution in [2.75, 3.05) is 10.6 Å². The van der Waals surface area contributed by atoms with Crippen molar-refractivity contribution in [1.82, 2.24) is 4.98 Å². The summed E-state index contributed by atoms with van der Waals surface area (Å²) in [6, 6.07) is 14.4. The summed E-state index contributed by atoms with van der Waals surface area (Å²) in [5, 5.41) is 6.50. The number of carbonyl (C=O) groups is 2. The summed E-state index contributed by atoms with van der Waals surface area (Å²) in [7, 11) is 0. The minimum absolute atomic E-state index is 0.151. The molecule has 0 saturated carbocycles. The number of H-pyrrole nitrogens is 1. The Morgan fingerprint density at radius 1 is 0.955 bits per heavy atom. The van der Waals surface area contributed by atoms with E-state index in [0.29, 0.717) is 16.9 Å². The van der Waals surface area contributed by atoms with E-state index in [1.165, 1.54) is 6.92 Å². The van der Waals surface area contributed by atoms with E-state index in [1.807, 2.05) is 24.4 Å². The first-order valence-electron chi connectivity index (χ1n) is 6.88. The Labute approximate surface area is 127 Å². The van der Waals surface area contributed by atoms with Crippen LogP contribution in [0.5, 0.6) is 0 Å². The third-order valence-electron chi connectivity index (χ3n) is 3.26. The standard InChI is InChI=1S/C17H15N3O2/c1-11(21)19-14-3-2-4-15(10-14)20-17(22)13-5-6-16-12(9-13)7-8-18-16/h2-10,18H,1H3,(H,19,21)(H,20,22). The molecule has 3 rings (SSSR count). The van der Waals surface area contributed by atoms with Crippen molar-refractivity contribution in [2.45, 2.75) is 6.92 Å². The maximum atomic E-state index is 12.3. The first-order valence-corrected chi connectivity index (χ1v) is 6.88. The Hall–Kier alpha value is -3.08. The molecule has 0 radical (unpaired) electrons. The Bertz CT molecular complexity index is 852. The van der Waals surface area contributed by atoms with Crippen LogP contribution >= 0.6 is 0 Å². The number of aromatic nitrogens is 1. The molecule has 0 spiro atoms. The number of nitrogens with one attached hydrogen (secondary N) is 3. The van der Waals surface area contributed by atoms with Crippen molar-refractivity contribution in [1.29, 1.82) is 0 Å². The highest BCUT2D eigenvalue weighted by Gasteiger charge is 2.08. The van der Waals surface area contributed by atoms with Gasteiger partial charge in [-0.1, -0.05) is 6.07 Å². The van der Waals surface area contributed by atoms with Crippen LogP contribution in [0.15, 0.2) is 54.7 Å². The highest BCUT2D eigenvalue weighted by molar-refractivity contribution is 6.06. The lowest BCUT2D eigenvalue weighted by molar-refractivity contribution is -0.114. The summed E-state index contributed by atoms with van der Waals surface area (Å²) < 4.78 is 0. The number of carbonyl (C=O) groups excluding carboxylic acids is 2. The summed E-state index contributed by atoms with van der Waals surface area (Å²) >= 11 is 0. The highest BCUT2D eigenvalue weighted by Crippen LogP contribution is 2.18. The van der Waals surface area contributed by atoms with Gasteiger partial charge in [-0.15, -0.1) is 0 Å². The van der Waals surface area contributed by atoms with Crippen LogP contribution in [0.2, 0.25) is 0 Å². The molecule has 22 heavy (non-hydrogen) atoms. The Balaban J connectivity index is 1.79. The van der Waals surface area contributed by atoms with Crippen molar-refractivity contribution in [3.8, 4) is 0 Å². The molecule has 0 unspecified atom stereocenters. The monoisotopic (exact) mass is 293 g/mol. The third-order valence-corrected chi connectivity index (χ3v) is 3.26. The van der Waals surface area contributed by atoms with Crippen LogP contribution < -0.4 is 10.6 Å². The second-order valence-corrected chi connectivity index (χ2v) is 5.00. The van der Waals surface area contributed by atoms with Gasteiger partial charge in [-0.25, -0.2) is 0 Å². The molecular formula is C17H15N3O2. The van der Waals surface area contributed by atoms with Crippen molar-refractivity contribution in [2.24, 2.45) is 0 Å². The summed E-state index contributed by atoms with van der Waals surface area (Å²) in [6.07, 6.45) is 1.84. The molecule has 1 aromatic heterocycles. The molecule has 0 saturated heterocycles. The fraction of sp³-hybridized carbons (Fsp3) is 0.0588. The largest absolute Gasteiger partial charge is 0.361 e. The lowest BCUT2D eigenvalue weighted by Crippen LogP contribution is -2.12. The summed E-state index contributed by atoms with van der Waals surface area (Å²) in [5.74, 6) is -0.343. The van der Waals surface area contributed by atoms with E-state index in [9.17, 15) is 9.59 Å². The van der Waals surface area contributed by atoms with Crippen LogP contribution in [0.4, 0.5) is 11.4 Å². The fourth-order valence-electron chi connectivity index (χ4n) is 2.28. The molecule has 3 aromatic rings.